The predicted molar refractivity (Wildman–Crippen MR) is 103 cm³/mol. The maximum Gasteiger partial charge on any atom is 0.0535 e. The number of aromatic nitrogens is 1. The Morgan fingerprint density at radius 2 is 2.16 bits per heavy atom. The average molecular weight is 341 g/mol. The fourth-order valence-corrected chi connectivity index (χ4v) is 4.04. The van der Waals surface area contributed by atoms with Crippen molar-refractivity contribution >= 4 is 0 Å². The molecule has 0 N–H and O–H groups in total. The Balaban J connectivity index is 1.59. The van der Waals surface area contributed by atoms with Crippen LogP contribution < -0.4 is 0 Å². The van der Waals surface area contributed by atoms with Gasteiger partial charge in [-0.25, -0.2) is 0 Å². The van der Waals surface area contributed by atoms with Crippen LogP contribution in [0.2, 0.25) is 0 Å². The molecule has 25 heavy (non-hydrogen) atoms. The standard InChI is InChI=1S/C22H32N2O/c1-4-25-17-22(10-9-20-7-5-18(2)13-20)11-12-24(16-22)15-21-8-6-19(3)23-14-21/h6-8,13-14H,4-5,9-12,15-17H2,1-3H3/t22-/m1/s1. The van der Waals surface area contributed by atoms with Crippen molar-refractivity contribution in [3.05, 3.63) is 52.9 Å². The summed E-state index contributed by atoms with van der Waals surface area (Å²) >= 11 is 0. The van der Waals surface area contributed by atoms with E-state index < -0.39 is 0 Å². The SMILES string of the molecule is CCOC[C@]1(CCC2=CCC(C)=C2)CCN(Cc2ccc(C)nc2)C1. The second-order valence-electron chi connectivity index (χ2n) is 7.88. The molecule has 1 fully saturated rings. The molecule has 1 aliphatic heterocycles. The molecule has 0 amide bonds. The normalized spacial score (nSPS) is 23.8. The molecular weight excluding hydrogens is 308 g/mol. The molecule has 1 aliphatic carbocycles. The fourth-order valence-electron chi connectivity index (χ4n) is 4.04. The molecule has 2 aliphatic rings. The summed E-state index contributed by atoms with van der Waals surface area (Å²) in [5, 5.41) is 0. The Morgan fingerprint density at radius 3 is 2.84 bits per heavy atom. The molecule has 0 radical (unpaired) electrons. The molecule has 0 aromatic carbocycles. The van der Waals surface area contributed by atoms with Crippen molar-refractivity contribution in [3.8, 4) is 0 Å². The summed E-state index contributed by atoms with van der Waals surface area (Å²) in [6, 6.07) is 4.32. The molecule has 0 saturated carbocycles. The Morgan fingerprint density at radius 1 is 1.28 bits per heavy atom. The molecule has 1 aromatic rings. The largest absolute Gasteiger partial charge is 0.381 e. The molecule has 3 rings (SSSR count). The minimum absolute atomic E-state index is 0.305. The fraction of sp³-hybridized carbons (Fsp3) is 0.591. The van der Waals surface area contributed by atoms with E-state index in [9.17, 15) is 0 Å². The van der Waals surface area contributed by atoms with E-state index in [0.29, 0.717) is 5.41 Å². The first kappa shape index (κ1) is 18.3. The van der Waals surface area contributed by atoms with E-state index in [0.717, 1.165) is 45.0 Å². The van der Waals surface area contributed by atoms with Gasteiger partial charge in [0.05, 0.1) is 6.61 Å². The second kappa shape index (κ2) is 8.29. The van der Waals surface area contributed by atoms with Gasteiger partial charge < -0.3 is 4.74 Å². The van der Waals surface area contributed by atoms with E-state index >= 15 is 0 Å². The highest BCUT2D eigenvalue weighted by Crippen LogP contribution is 2.38. The predicted octanol–water partition coefficient (Wildman–Crippen LogP) is 4.68. The van der Waals surface area contributed by atoms with Crippen LogP contribution in [-0.2, 0) is 11.3 Å². The first-order chi connectivity index (χ1) is 12.1. The third kappa shape index (κ3) is 5.02. The lowest BCUT2D eigenvalue weighted by atomic mass is 9.82. The van der Waals surface area contributed by atoms with Crippen molar-refractivity contribution in [1.82, 2.24) is 9.88 Å². The van der Waals surface area contributed by atoms with E-state index in [1.807, 2.05) is 13.1 Å². The minimum atomic E-state index is 0.305. The number of ether oxygens (including phenoxy) is 1. The Kier molecular flexibility index (Phi) is 6.08. The molecule has 1 aromatic heterocycles. The van der Waals surface area contributed by atoms with Gasteiger partial charge in [0, 0.05) is 37.0 Å². The minimum Gasteiger partial charge on any atom is -0.381 e. The van der Waals surface area contributed by atoms with Crippen molar-refractivity contribution in [2.45, 2.75) is 53.0 Å². The van der Waals surface area contributed by atoms with Gasteiger partial charge >= 0.3 is 0 Å². The van der Waals surface area contributed by atoms with E-state index in [1.165, 1.54) is 36.0 Å². The average Bonchev–Trinajstić information content (AvgIpc) is 3.20. The Labute approximate surface area is 152 Å². The summed E-state index contributed by atoms with van der Waals surface area (Å²) in [6.07, 6.45) is 11.6. The number of allylic oxidation sites excluding steroid dienone is 4. The molecule has 0 spiro atoms. The van der Waals surface area contributed by atoms with Crippen LogP contribution in [0.4, 0.5) is 0 Å². The smallest absolute Gasteiger partial charge is 0.0535 e. The zero-order valence-corrected chi connectivity index (χ0v) is 16.1. The lowest BCUT2D eigenvalue weighted by Crippen LogP contribution is -2.31. The van der Waals surface area contributed by atoms with E-state index in [4.69, 9.17) is 4.74 Å². The number of likely N-dealkylation sites (tertiary alicyclic amines) is 1. The number of rotatable bonds is 8. The van der Waals surface area contributed by atoms with Gasteiger partial charge in [-0.3, -0.25) is 9.88 Å². The van der Waals surface area contributed by atoms with Gasteiger partial charge in [0.25, 0.3) is 0 Å². The molecule has 0 bridgehead atoms. The van der Waals surface area contributed by atoms with Crippen LogP contribution in [0.3, 0.4) is 0 Å². The second-order valence-corrected chi connectivity index (χ2v) is 7.88. The maximum atomic E-state index is 5.90. The number of hydrogen-bond acceptors (Lipinski definition) is 3. The monoisotopic (exact) mass is 340 g/mol. The van der Waals surface area contributed by atoms with Crippen molar-refractivity contribution in [2.24, 2.45) is 5.41 Å². The van der Waals surface area contributed by atoms with Gasteiger partial charge in [0.1, 0.15) is 0 Å². The third-order valence-corrected chi connectivity index (χ3v) is 5.57. The Bertz CT molecular complexity index is 632. The highest BCUT2D eigenvalue weighted by atomic mass is 16.5. The molecule has 0 unspecified atom stereocenters. The van der Waals surface area contributed by atoms with Crippen LogP contribution >= 0.6 is 0 Å². The van der Waals surface area contributed by atoms with Gasteiger partial charge in [-0.1, -0.05) is 29.4 Å². The molecule has 1 atom stereocenters. The van der Waals surface area contributed by atoms with Gasteiger partial charge in [0.15, 0.2) is 0 Å². The highest BCUT2D eigenvalue weighted by Gasteiger charge is 2.38. The van der Waals surface area contributed by atoms with E-state index in [-0.39, 0.29) is 0 Å². The molecule has 3 nitrogen and oxygen atoms in total. The van der Waals surface area contributed by atoms with Crippen LogP contribution in [0.15, 0.2) is 41.6 Å². The van der Waals surface area contributed by atoms with Crippen molar-refractivity contribution < 1.29 is 4.74 Å². The van der Waals surface area contributed by atoms with Crippen LogP contribution in [0.25, 0.3) is 0 Å². The zero-order chi connectivity index (χ0) is 17.7. The van der Waals surface area contributed by atoms with Crippen molar-refractivity contribution in [3.63, 3.8) is 0 Å². The molecular formula is C22H32N2O. The lowest BCUT2D eigenvalue weighted by Gasteiger charge is -2.29. The number of pyridine rings is 1. The van der Waals surface area contributed by atoms with Crippen LogP contribution in [0.1, 0.15) is 50.8 Å². The summed E-state index contributed by atoms with van der Waals surface area (Å²) in [4.78, 5) is 7.02. The molecule has 1 saturated heterocycles. The molecule has 3 heteroatoms. The van der Waals surface area contributed by atoms with Gasteiger partial charge in [-0.05, 0) is 64.6 Å². The van der Waals surface area contributed by atoms with Crippen LogP contribution in [0, 0.1) is 12.3 Å². The van der Waals surface area contributed by atoms with Crippen LogP contribution in [0.5, 0.6) is 0 Å². The summed E-state index contributed by atoms with van der Waals surface area (Å²) < 4.78 is 5.90. The zero-order valence-electron chi connectivity index (χ0n) is 16.1. The topological polar surface area (TPSA) is 25.4 Å². The van der Waals surface area contributed by atoms with Gasteiger partial charge in [0.2, 0.25) is 0 Å². The molecule has 2 heterocycles. The Hall–Kier alpha value is -1.45. The quantitative estimate of drug-likeness (QED) is 0.687. The summed E-state index contributed by atoms with van der Waals surface area (Å²) in [6.45, 7) is 11.4. The third-order valence-electron chi connectivity index (χ3n) is 5.57. The van der Waals surface area contributed by atoms with Gasteiger partial charge in [-0.15, -0.1) is 0 Å². The van der Waals surface area contributed by atoms with Crippen molar-refractivity contribution in [2.75, 3.05) is 26.3 Å². The van der Waals surface area contributed by atoms with E-state index in [2.05, 4.69) is 48.0 Å². The first-order valence-electron chi connectivity index (χ1n) is 9.66. The number of nitrogens with zero attached hydrogens (tertiary/aromatic N) is 2. The summed E-state index contributed by atoms with van der Waals surface area (Å²) in [5.74, 6) is 0. The highest BCUT2D eigenvalue weighted by molar-refractivity contribution is 5.31. The first-order valence-corrected chi connectivity index (χ1v) is 9.66. The van der Waals surface area contributed by atoms with Gasteiger partial charge in [-0.2, -0.15) is 0 Å². The van der Waals surface area contributed by atoms with E-state index in [1.54, 1.807) is 0 Å². The van der Waals surface area contributed by atoms with Crippen molar-refractivity contribution in [1.29, 1.82) is 0 Å². The number of hydrogen-bond donors (Lipinski definition) is 0. The lowest BCUT2D eigenvalue weighted by molar-refractivity contribution is 0.0490. The summed E-state index contributed by atoms with van der Waals surface area (Å²) in [5.41, 5.74) is 5.72. The summed E-state index contributed by atoms with van der Waals surface area (Å²) in [7, 11) is 0. The maximum absolute atomic E-state index is 5.90. The van der Waals surface area contributed by atoms with Crippen LogP contribution in [-0.4, -0.2) is 36.2 Å². The molecule has 136 valence electrons. The number of aryl methyl sites for hydroxylation is 1.